The van der Waals surface area contributed by atoms with Crippen LogP contribution >= 0.6 is 11.8 Å². The first-order chi connectivity index (χ1) is 12.0. The molecular weight excluding hydrogens is 336 g/mol. The largest absolute Gasteiger partial charge is 0.465 e. The van der Waals surface area contributed by atoms with Gasteiger partial charge in [-0.25, -0.2) is 0 Å². The van der Waals surface area contributed by atoms with Crippen LogP contribution in [0.15, 0.2) is 0 Å². The Hall–Kier alpha value is -0.260. The highest BCUT2D eigenvalue weighted by Crippen LogP contribution is 2.35. The van der Waals surface area contributed by atoms with E-state index >= 15 is 0 Å². The molecular formula is C20H38O4S. The van der Waals surface area contributed by atoms with Crippen molar-refractivity contribution in [2.45, 2.75) is 89.6 Å². The predicted molar refractivity (Wildman–Crippen MR) is 105 cm³/mol. The van der Waals surface area contributed by atoms with Gasteiger partial charge in [0.15, 0.2) is 0 Å². The molecule has 0 spiro atoms. The predicted octanol–water partition coefficient (Wildman–Crippen LogP) is 4.43. The van der Waals surface area contributed by atoms with Crippen LogP contribution in [0.2, 0.25) is 0 Å². The molecule has 5 heteroatoms. The number of carbonyl (C=O) groups is 1. The molecule has 148 valence electrons. The van der Waals surface area contributed by atoms with E-state index in [-0.39, 0.29) is 18.2 Å². The fourth-order valence-electron chi connectivity index (χ4n) is 3.65. The lowest BCUT2D eigenvalue weighted by atomic mass is 9.82. The molecule has 1 saturated carbocycles. The summed E-state index contributed by atoms with van der Waals surface area (Å²) in [5.74, 6) is 1.35. The van der Waals surface area contributed by atoms with E-state index < -0.39 is 0 Å². The quantitative estimate of drug-likeness (QED) is 0.512. The molecule has 0 aromatic heterocycles. The molecule has 0 aliphatic heterocycles. The van der Waals surface area contributed by atoms with Crippen LogP contribution in [0.3, 0.4) is 0 Å². The molecule has 1 fully saturated rings. The molecule has 0 amide bonds. The van der Waals surface area contributed by atoms with E-state index in [0.717, 1.165) is 38.5 Å². The topological polar surface area (TPSA) is 55.8 Å². The second-order valence-corrected chi connectivity index (χ2v) is 8.50. The third-order valence-corrected chi connectivity index (χ3v) is 7.02. The van der Waals surface area contributed by atoms with Gasteiger partial charge in [0.2, 0.25) is 0 Å². The van der Waals surface area contributed by atoms with Crippen molar-refractivity contribution in [1.82, 2.24) is 0 Å². The third-order valence-electron chi connectivity index (χ3n) is 5.47. The molecule has 5 atom stereocenters. The molecule has 1 aliphatic carbocycles. The van der Waals surface area contributed by atoms with Gasteiger partial charge in [0.1, 0.15) is 0 Å². The van der Waals surface area contributed by atoms with Crippen molar-refractivity contribution in [3.8, 4) is 0 Å². The van der Waals surface area contributed by atoms with Crippen molar-refractivity contribution < 1.29 is 19.4 Å². The average Bonchev–Trinajstić information content (AvgIpc) is 2.63. The number of thioether (sulfide) groups is 1. The first-order valence-corrected chi connectivity index (χ1v) is 11.1. The Bertz CT molecular complexity index is 364. The summed E-state index contributed by atoms with van der Waals surface area (Å²) in [6, 6.07) is 0. The normalized spacial score (nSPS) is 26.2. The maximum absolute atomic E-state index is 12.1. The zero-order valence-electron chi connectivity index (χ0n) is 16.5. The molecule has 4 nitrogen and oxygen atoms in total. The highest BCUT2D eigenvalue weighted by molar-refractivity contribution is 8.00. The summed E-state index contributed by atoms with van der Waals surface area (Å²) in [7, 11) is 1.67. The molecule has 0 saturated heterocycles. The van der Waals surface area contributed by atoms with Gasteiger partial charge < -0.3 is 14.6 Å². The maximum Gasteiger partial charge on any atom is 0.315 e. The van der Waals surface area contributed by atoms with E-state index in [2.05, 4.69) is 20.8 Å². The summed E-state index contributed by atoms with van der Waals surface area (Å²) < 4.78 is 10.9. The molecule has 0 heterocycles. The van der Waals surface area contributed by atoms with Gasteiger partial charge in [-0.15, -0.1) is 11.8 Å². The summed E-state index contributed by atoms with van der Waals surface area (Å²) in [5.41, 5.74) is 0. The highest BCUT2D eigenvalue weighted by Gasteiger charge is 2.33. The number of ether oxygens (including phenoxy) is 2. The summed E-state index contributed by atoms with van der Waals surface area (Å²) in [6.07, 6.45) is 7.92. The second-order valence-electron chi connectivity index (χ2n) is 7.27. The van der Waals surface area contributed by atoms with Crippen LogP contribution < -0.4 is 0 Å². The van der Waals surface area contributed by atoms with Gasteiger partial charge in [-0.1, -0.05) is 40.0 Å². The number of aliphatic hydroxyl groups is 1. The van der Waals surface area contributed by atoms with E-state index in [0.29, 0.717) is 29.4 Å². The molecule has 1 rings (SSSR count). The highest BCUT2D eigenvalue weighted by atomic mass is 32.2. The van der Waals surface area contributed by atoms with Crippen molar-refractivity contribution in [3.05, 3.63) is 0 Å². The molecule has 0 radical (unpaired) electrons. The molecule has 0 aromatic carbocycles. The van der Waals surface area contributed by atoms with Crippen molar-refractivity contribution in [2.24, 2.45) is 11.8 Å². The van der Waals surface area contributed by atoms with Crippen LogP contribution in [-0.2, 0) is 14.3 Å². The Morgan fingerprint density at radius 2 is 2.00 bits per heavy atom. The van der Waals surface area contributed by atoms with E-state index in [1.807, 2.05) is 0 Å². The molecule has 0 aromatic rings. The minimum absolute atomic E-state index is 0.0655. The van der Waals surface area contributed by atoms with Gasteiger partial charge in [0, 0.05) is 12.4 Å². The van der Waals surface area contributed by atoms with Crippen molar-refractivity contribution >= 4 is 17.7 Å². The summed E-state index contributed by atoms with van der Waals surface area (Å²) in [6.45, 7) is 7.10. The minimum atomic E-state index is -0.345. The number of esters is 1. The Balaban J connectivity index is 2.34. The van der Waals surface area contributed by atoms with Gasteiger partial charge >= 0.3 is 5.97 Å². The Labute approximate surface area is 158 Å². The minimum Gasteiger partial charge on any atom is -0.465 e. The second kappa shape index (κ2) is 13.0. The zero-order chi connectivity index (χ0) is 18.7. The number of carbonyl (C=O) groups excluding carboxylic acids is 1. The SMILES string of the molecule is CCCCC(CC)COC(=O)CSC(CC)C1CCC(O)C(OC)C1. The third kappa shape index (κ3) is 8.31. The van der Waals surface area contributed by atoms with Gasteiger partial charge in [-0.05, 0) is 43.9 Å². The number of rotatable bonds is 12. The maximum atomic E-state index is 12.1. The number of unbranched alkanes of at least 4 members (excludes halogenated alkanes) is 1. The molecule has 25 heavy (non-hydrogen) atoms. The Morgan fingerprint density at radius 3 is 2.60 bits per heavy atom. The molecule has 0 bridgehead atoms. The average molecular weight is 375 g/mol. The molecule has 1 N–H and O–H groups in total. The van der Waals surface area contributed by atoms with E-state index in [4.69, 9.17) is 9.47 Å². The van der Waals surface area contributed by atoms with E-state index in [9.17, 15) is 9.90 Å². The van der Waals surface area contributed by atoms with E-state index in [1.54, 1.807) is 18.9 Å². The number of hydrogen-bond donors (Lipinski definition) is 1. The standard InChI is InChI=1S/C20H38O4S/c1-5-8-9-15(6-2)13-24-20(22)14-25-19(7-3)16-10-11-17(21)18(12-16)23-4/h15-19,21H,5-14H2,1-4H3. The lowest BCUT2D eigenvalue weighted by Crippen LogP contribution is -2.38. The lowest BCUT2D eigenvalue weighted by Gasteiger charge is -2.36. The number of aliphatic hydroxyl groups excluding tert-OH is 1. The zero-order valence-corrected chi connectivity index (χ0v) is 17.4. The van der Waals surface area contributed by atoms with Crippen molar-refractivity contribution in [3.63, 3.8) is 0 Å². The van der Waals surface area contributed by atoms with E-state index in [1.165, 1.54) is 12.8 Å². The Morgan fingerprint density at radius 1 is 1.24 bits per heavy atom. The van der Waals surface area contributed by atoms with Crippen LogP contribution in [0, 0.1) is 11.8 Å². The molecule has 1 aliphatic rings. The fraction of sp³-hybridized carbons (Fsp3) is 0.950. The molecule has 5 unspecified atom stereocenters. The summed E-state index contributed by atoms with van der Waals surface area (Å²) >= 11 is 1.72. The van der Waals surface area contributed by atoms with Crippen LogP contribution in [-0.4, -0.2) is 48.0 Å². The van der Waals surface area contributed by atoms with Crippen LogP contribution in [0.4, 0.5) is 0 Å². The van der Waals surface area contributed by atoms with Crippen LogP contribution in [0.5, 0.6) is 0 Å². The summed E-state index contributed by atoms with van der Waals surface area (Å²) in [4.78, 5) is 12.1. The monoisotopic (exact) mass is 374 g/mol. The fourth-order valence-corrected chi connectivity index (χ4v) is 4.84. The number of methoxy groups -OCH3 is 1. The van der Waals surface area contributed by atoms with Gasteiger partial charge in [-0.3, -0.25) is 4.79 Å². The van der Waals surface area contributed by atoms with Gasteiger partial charge in [-0.2, -0.15) is 0 Å². The van der Waals surface area contributed by atoms with Gasteiger partial charge in [0.05, 0.1) is 24.6 Å². The van der Waals surface area contributed by atoms with Crippen LogP contribution in [0.1, 0.15) is 72.1 Å². The number of hydrogen-bond acceptors (Lipinski definition) is 5. The Kier molecular flexibility index (Phi) is 11.8. The van der Waals surface area contributed by atoms with Gasteiger partial charge in [0.25, 0.3) is 0 Å². The van der Waals surface area contributed by atoms with Crippen LogP contribution in [0.25, 0.3) is 0 Å². The van der Waals surface area contributed by atoms with Crippen molar-refractivity contribution in [1.29, 1.82) is 0 Å². The lowest BCUT2D eigenvalue weighted by molar-refractivity contribution is -0.141. The first kappa shape index (κ1) is 22.8. The first-order valence-electron chi connectivity index (χ1n) is 10.0. The van der Waals surface area contributed by atoms with Crippen molar-refractivity contribution in [2.75, 3.05) is 19.5 Å². The smallest absolute Gasteiger partial charge is 0.315 e. The summed E-state index contributed by atoms with van der Waals surface area (Å²) in [5, 5.41) is 10.4.